The number of nitrogens with zero attached hydrogens (tertiary/aromatic N) is 1. The van der Waals surface area contributed by atoms with Crippen LogP contribution in [0.5, 0.6) is 11.5 Å². The first-order valence-corrected chi connectivity index (χ1v) is 18.8. The van der Waals surface area contributed by atoms with Crippen molar-refractivity contribution < 1.29 is 9.47 Å². The molecule has 0 saturated carbocycles. The van der Waals surface area contributed by atoms with E-state index in [1.165, 1.54) is 50.3 Å². The van der Waals surface area contributed by atoms with E-state index in [-0.39, 0.29) is 29.9 Å². The van der Waals surface area contributed by atoms with Gasteiger partial charge in [-0.25, -0.2) is 0 Å². The molecular weight excluding hydrogens is 635 g/mol. The minimum absolute atomic E-state index is 0.0745. The molecule has 0 bridgehead atoms. The number of hydrogen-bond acceptors (Lipinski definition) is 3. The van der Waals surface area contributed by atoms with Crippen LogP contribution in [0, 0.1) is 5.92 Å². The maximum atomic E-state index is 7.35. The van der Waals surface area contributed by atoms with Gasteiger partial charge in [-0.15, -0.1) is 0 Å². The van der Waals surface area contributed by atoms with Crippen LogP contribution in [0.15, 0.2) is 192 Å². The second-order valence-electron chi connectivity index (χ2n) is 14.9. The average molecular weight is 674 g/mol. The Kier molecular flexibility index (Phi) is 6.67. The summed E-state index contributed by atoms with van der Waals surface area (Å²) in [6.07, 6.45) is 30.1. The Morgan fingerprint density at radius 3 is 2.40 bits per heavy atom. The number of fused-ring (bicyclic) bond motifs is 10. The highest BCUT2D eigenvalue weighted by Gasteiger charge is 2.57. The lowest BCUT2D eigenvalue weighted by molar-refractivity contribution is 0.130. The first kappa shape index (κ1) is 29.9. The molecule has 6 unspecified atom stereocenters. The molecule has 6 atom stereocenters. The summed E-state index contributed by atoms with van der Waals surface area (Å²) in [5, 5.41) is 0. The van der Waals surface area contributed by atoms with Crippen LogP contribution in [-0.4, -0.2) is 12.1 Å². The smallest absolute Gasteiger partial charge is 0.135 e. The summed E-state index contributed by atoms with van der Waals surface area (Å²) >= 11 is 0. The third-order valence-electron chi connectivity index (χ3n) is 12.4. The highest BCUT2D eigenvalue weighted by Crippen LogP contribution is 2.63. The third kappa shape index (κ3) is 4.20. The van der Waals surface area contributed by atoms with Crippen LogP contribution >= 0.6 is 0 Å². The molecule has 0 N–H and O–H groups in total. The van der Waals surface area contributed by atoms with Gasteiger partial charge in [0.2, 0.25) is 0 Å². The molecule has 3 nitrogen and oxygen atoms in total. The van der Waals surface area contributed by atoms with E-state index in [1.54, 1.807) is 0 Å². The van der Waals surface area contributed by atoms with Gasteiger partial charge < -0.3 is 14.4 Å². The molecule has 11 rings (SSSR count). The summed E-state index contributed by atoms with van der Waals surface area (Å²) in [4.78, 5) is 2.57. The van der Waals surface area contributed by atoms with Gasteiger partial charge in [-0.05, 0) is 78.0 Å². The number of benzene rings is 4. The van der Waals surface area contributed by atoms with Gasteiger partial charge in [0.1, 0.15) is 23.4 Å². The standard InChI is InChI=1S/C49H39NO2/c1-3-15-32(16-4-1)36-21-14-25-42-48(36)52-46-31-33(29-30-41(46)49(42)39-23-8-11-27-44(39)51-45-28-12-9-24-40(45)49)35-20-13-22-38-37-19-7-10-26-43(37)50(47(35)38)34-17-5-2-6-18-34/h1-15,17-28,31-32,38-39,44,47H,16,29-30H2. The minimum Gasteiger partial charge on any atom is -0.485 e. The fourth-order valence-corrected chi connectivity index (χ4v) is 10.3. The largest absolute Gasteiger partial charge is 0.485 e. The Labute approximate surface area is 305 Å². The van der Waals surface area contributed by atoms with E-state index in [4.69, 9.17) is 9.47 Å². The Balaban J connectivity index is 1.12. The third-order valence-corrected chi connectivity index (χ3v) is 12.4. The zero-order valence-electron chi connectivity index (χ0n) is 28.9. The zero-order valence-corrected chi connectivity index (χ0v) is 28.9. The second-order valence-corrected chi connectivity index (χ2v) is 14.9. The minimum atomic E-state index is -0.432. The molecule has 7 aliphatic rings. The van der Waals surface area contributed by atoms with Crippen molar-refractivity contribution in [3.63, 3.8) is 0 Å². The number of para-hydroxylation sites is 4. The van der Waals surface area contributed by atoms with E-state index in [0.717, 1.165) is 36.5 Å². The topological polar surface area (TPSA) is 21.7 Å². The number of allylic oxidation sites excluding steroid dienone is 10. The van der Waals surface area contributed by atoms with E-state index in [1.807, 2.05) is 0 Å². The molecule has 3 aliphatic heterocycles. The fourth-order valence-electron chi connectivity index (χ4n) is 10.3. The summed E-state index contributed by atoms with van der Waals surface area (Å²) in [7, 11) is 0. The van der Waals surface area contributed by atoms with Crippen LogP contribution in [0.25, 0.3) is 0 Å². The maximum absolute atomic E-state index is 7.35. The average Bonchev–Trinajstić information content (AvgIpc) is 3.56. The van der Waals surface area contributed by atoms with Gasteiger partial charge in [0.15, 0.2) is 0 Å². The second kappa shape index (κ2) is 11.6. The number of hydrogen-bond donors (Lipinski definition) is 0. The molecule has 0 amide bonds. The van der Waals surface area contributed by atoms with E-state index in [9.17, 15) is 0 Å². The van der Waals surface area contributed by atoms with E-state index in [2.05, 4.69) is 175 Å². The fraction of sp³-hybridized carbons (Fsp3) is 0.184. The van der Waals surface area contributed by atoms with Crippen molar-refractivity contribution in [2.24, 2.45) is 5.92 Å². The molecule has 3 heteroatoms. The van der Waals surface area contributed by atoms with Gasteiger partial charge >= 0.3 is 0 Å². The van der Waals surface area contributed by atoms with Crippen molar-refractivity contribution in [2.45, 2.75) is 48.7 Å². The van der Waals surface area contributed by atoms with Gasteiger partial charge in [-0.3, -0.25) is 0 Å². The summed E-state index contributed by atoms with van der Waals surface area (Å²) in [6, 6.07) is 35.7. The predicted octanol–water partition coefficient (Wildman–Crippen LogP) is 11.2. The van der Waals surface area contributed by atoms with Crippen LogP contribution in [-0.2, 0) is 5.41 Å². The molecular formula is C49H39NO2. The summed E-state index contributed by atoms with van der Waals surface area (Å²) < 4.78 is 14.1. The Hall–Kier alpha value is -5.80. The van der Waals surface area contributed by atoms with Gasteiger partial charge in [0.25, 0.3) is 0 Å². The number of rotatable bonds is 3. The first-order chi connectivity index (χ1) is 25.8. The van der Waals surface area contributed by atoms with Crippen molar-refractivity contribution in [2.75, 3.05) is 4.90 Å². The zero-order chi connectivity index (χ0) is 34.2. The van der Waals surface area contributed by atoms with Gasteiger partial charge in [-0.1, -0.05) is 134 Å². The Morgan fingerprint density at radius 1 is 0.673 bits per heavy atom. The van der Waals surface area contributed by atoms with Crippen LogP contribution in [0.4, 0.5) is 11.4 Å². The Morgan fingerprint density at radius 2 is 1.48 bits per heavy atom. The van der Waals surface area contributed by atoms with Gasteiger partial charge in [-0.2, -0.15) is 0 Å². The predicted molar refractivity (Wildman–Crippen MR) is 209 cm³/mol. The van der Waals surface area contributed by atoms with Crippen LogP contribution in [0.1, 0.15) is 53.4 Å². The van der Waals surface area contributed by atoms with Crippen LogP contribution in [0.3, 0.4) is 0 Å². The summed E-state index contributed by atoms with van der Waals surface area (Å²) in [5.74, 6) is 3.59. The molecule has 4 aromatic rings. The number of ether oxygens (including phenoxy) is 2. The molecule has 1 spiro atoms. The molecule has 0 radical (unpaired) electrons. The lowest BCUT2D eigenvalue weighted by Gasteiger charge is -2.53. The highest BCUT2D eigenvalue weighted by molar-refractivity contribution is 5.78. The molecule has 4 aliphatic carbocycles. The SMILES string of the molecule is C1=CCC(c2cccc3c2OC2=C(CCC(C4=CC=CC5c6ccccc6N(c6ccccc6)C45)=C2)C32c3ccccc3OC3C=CC=CC32)C=C1. The molecule has 4 aromatic carbocycles. The molecule has 0 saturated heterocycles. The molecule has 52 heavy (non-hydrogen) atoms. The molecule has 3 heterocycles. The molecule has 252 valence electrons. The van der Waals surface area contributed by atoms with Gasteiger partial charge in [0, 0.05) is 45.8 Å². The lowest BCUT2D eigenvalue weighted by Crippen LogP contribution is -2.51. The normalized spacial score (nSPS) is 28.5. The van der Waals surface area contributed by atoms with Gasteiger partial charge in [0.05, 0.1) is 11.5 Å². The summed E-state index contributed by atoms with van der Waals surface area (Å²) in [5.41, 5.74) is 11.3. The van der Waals surface area contributed by atoms with Crippen molar-refractivity contribution in [3.8, 4) is 11.5 Å². The van der Waals surface area contributed by atoms with Crippen molar-refractivity contribution in [1.29, 1.82) is 0 Å². The Bertz CT molecular complexity index is 2380. The first-order valence-electron chi connectivity index (χ1n) is 18.8. The van der Waals surface area contributed by atoms with Crippen molar-refractivity contribution in [1.82, 2.24) is 0 Å². The quantitative estimate of drug-likeness (QED) is 0.216. The van der Waals surface area contributed by atoms with E-state index in [0.29, 0.717) is 0 Å². The van der Waals surface area contributed by atoms with Crippen molar-refractivity contribution >= 4 is 11.4 Å². The maximum Gasteiger partial charge on any atom is 0.135 e. The monoisotopic (exact) mass is 673 g/mol. The molecule has 0 fully saturated rings. The summed E-state index contributed by atoms with van der Waals surface area (Å²) in [6.45, 7) is 0. The molecule has 0 aromatic heterocycles. The van der Waals surface area contributed by atoms with Crippen molar-refractivity contribution in [3.05, 3.63) is 215 Å². The highest BCUT2D eigenvalue weighted by atomic mass is 16.5. The van der Waals surface area contributed by atoms with Crippen LogP contribution < -0.4 is 14.4 Å². The van der Waals surface area contributed by atoms with Crippen LogP contribution in [0.2, 0.25) is 0 Å². The number of anilines is 2. The van der Waals surface area contributed by atoms with E-state index < -0.39 is 5.41 Å². The van der Waals surface area contributed by atoms with E-state index >= 15 is 0 Å². The lowest BCUT2D eigenvalue weighted by atomic mass is 9.55.